The van der Waals surface area contributed by atoms with E-state index in [1.807, 2.05) is 5.32 Å². The van der Waals surface area contributed by atoms with Crippen LogP contribution < -0.4 is 15.0 Å². The second-order valence-corrected chi connectivity index (χ2v) is 8.80. The summed E-state index contributed by atoms with van der Waals surface area (Å²) >= 11 is 0. The Morgan fingerprint density at radius 1 is 1.09 bits per heavy atom. The highest BCUT2D eigenvalue weighted by Crippen LogP contribution is 2.33. The summed E-state index contributed by atoms with van der Waals surface area (Å²) in [5.74, 6) is -0.802. The van der Waals surface area contributed by atoms with Crippen molar-refractivity contribution in [2.45, 2.75) is 38.0 Å². The Balaban J connectivity index is 1.39. The fraction of sp³-hybridized carbons (Fsp3) is 0.400. The van der Waals surface area contributed by atoms with Gasteiger partial charge in [0.15, 0.2) is 0 Å². The summed E-state index contributed by atoms with van der Waals surface area (Å²) in [5, 5.41) is 1.84. The van der Waals surface area contributed by atoms with Crippen LogP contribution in [0.4, 0.5) is 18.9 Å². The average Bonchev–Trinajstić information content (AvgIpc) is 3.61. The number of alkyl halides is 3. The number of nitrogens with zero attached hydrogens (tertiary/aromatic N) is 2. The van der Waals surface area contributed by atoms with Gasteiger partial charge in [0.25, 0.3) is 5.91 Å². The van der Waals surface area contributed by atoms with Crippen LogP contribution in [-0.4, -0.2) is 55.0 Å². The topological polar surface area (TPSA) is 79.0 Å². The first kappa shape index (κ1) is 24.6. The molecule has 2 aromatic carbocycles. The van der Waals surface area contributed by atoms with Crippen LogP contribution in [0.3, 0.4) is 0 Å². The minimum Gasteiger partial charge on any atom is -0.497 e. The normalized spacial score (nSPS) is 17.9. The maximum atomic E-state index is 13.4. The van der Waals surface area contributed by atoms with Crippen molar-refractivity contribution in [1.82, 2.24) is 10.2 Å². The molecule has 1 saturated heterocycles. The van der Waals surface area contributed by atoms with E-state index in [2.05, 4.69) is 0 Å². The van der Waals surface area contributed by atoms with Crippen LogP contribution in [0.25, 0.3) is 0 Å². The molecule has 7 nitrogen and oxygen atoms in total. The van der Waals surface area contributed by atoms with E-state index in [1.165, 1.54) is 12.1 Å². The van der Waals surface area contributed by atoms with Crippen LogP contribution in [0.2, 0.25) is 0 Å². The molecule has 10 heteroatoms. The molecule has 0 bridgehead atoms. The fourth-order valence-corrected chi connectivity index (χ4v) is 4.13. The van der Waals surface area contributed by atoms with E-state index in [0.29, 0.717) is 24.5 Å². The summed E-state index contributed by atoms with van der Waals surface area (Å²) in [4.78, 5) is 41.3. The van der Waals surface area contributed by atoms with Crippen molar-refractivity contribution in [2.24, 2.45) is 5.92 Å². The number of carbonyl (C=O) groups excluding carboxylic acids is 3. The van der Waals surface area contributed by atoms with Gasteiger partial charge in [-0.2, -0.15) is 13.2 Å². The lowest BCUT2D eigenvalue weighted by molar-refractivity contribution is -0.137. The minimum atomic E-state index is -4.48. The van der Waals surface area contributed by atoms with Crippen LogP contribution in [0.15, 0.2) is 48.5 Å². The second-order valence-electron chi connectivity index (χ2n) is 8.80. The van der Waals surface area contributed by atoms with Gasteiger partial charge in [-0.3, -0.25) is 14.4 Å². The summed E-state index contributed by atoms with van der Waals surface area (Å²) in [7, 11) is 1.56. The van der Waals surface area contributed by atoms with Crippen LogP contribution in [0.1, 0.15) is 35.2 Å². The van der Waals surface area contributed by atoms with Gasteiger partial charge in [0.2, 0.25) is 11.8 Å². The number of hydrogen-bond donors (Lipinski definition) is 1. The first-order valence-electron chi connectivity index (χ1n) is 11.3. The van der Waals surface area contributed by atoms with Crippen LogP contribution >= 0.6 is 0 Å². The zero-order chi connectivity index (χ0) is 25.2. The fourth-order valence-electron chi connectivity index (χ4n) is 4.13. The van der Waals surface area contributed by atoms with Gasteiger partial charge in [-0.25, -0.2) is 0 Å². The predicted octanol–water partition coefficient (Wildman–Crippen LogP) is 3.53. The molecule has 2 fully saturated rings. The summed E-state index contributed by atoms with van der Waals surface area (Å²) in [6.07, 6.45) is -2.59. The van der Waals surface area contributed by atoms with Gasteiger partial charge in [-0.1, -0.05) is 12.1 Å². The van der Waals surface area contributed by atoms with Crippen LogP contribution in [0.5, 0.6) is 5.75 Å². The quantitative estimate of drug-likeness (QED) is 0.616. The van der Waals surface area contributed by atoms with Crippen molar-refractivity contribution in [1.29, 1.82) is 0 Å². The number of amides is 3. The maximum absolute atomic E-state index is 13.4. The molecule has 2 aliphatic rings. The third kappa shape index (κ3) is 6.12. The number of methoxy groups -OCH3 is 1. The summed E-state index contributed by atoms with van der Waals surface area (Å²) in [6.45, 7) is -0.794. The molecule has 1 aliphatic heterocycles. The lowest BCUT2D eigenvalue weighted by atomic mass is 10.1. The number of hydrogen-bond acceptors (Lipinski definition) is 4. The summed E-state index contributed by atoms with van der Waals surface area (Å²) in [6, 6.07) is 13.4. The molecular formula is C25H26F3N3O4. The zero-order valence-electron chi connectivity index (χ0n) is 19.2. The molecule has 1 aliphatic carbocycles. The SMILES string of the molecule is COc1ccc(N2C[C@H](C(=O)N(Cc3ccc(C(=O)NCC(F)(F)F)cc3)C3CC3)CC2=O)cc1. The Labute approximate surface area is 200 Å². The van der Waals surface area contributed by atoms with Crippen LogP contribution in [0, 0.1) is 5.92 Å². The van der Waals surface area contributed by atoms with E-state index >= 15 is 0 Å². The molecule has 1 atom stereocenters. The van der Waals surface area contributed by atoms with E-state index in [1.54, 1.807) is 53.3 Å². The van der Waals surface area contributed by atoms with E-state index in [9.17, 15) is 27.6 Å². The Kier molecular flexibility index (Phi) is 7.00. The lowest BCUT2D eigenvalue weighted by Crippen LogP contribution is -2.38. The number of nitrogens with one attached hydrogen (secondary N) is 1. The van der Waals surface area contributed by atoms with E-state index in [-0.39, 0.29) is 29.8 Å². The largest absolute Gasteiger partial charge is 0.497 e. The Bertz CT molecular complexity index is 1080. The van der Waals surface area contributed by atoms with Gasteiger partial charge in [0.1, 0.15) is 12.3 Å². The van der Waals surface area contributed by atoms with Gasteiger partial charge < -0.3 is 19.9 Å². The molecule has 0 spiro atoms. The maximum Gasteiger partial charge on any atom is 0.405 e. The van der Waals surface area contributed by atoms with Gasteiger partial charge in [-0.15, -0.1) is 0 Å². The molecule has 4 rings (SSSR count). The molecule has 1 heterocycles. The van der Waals surface area contributed by atoms with Crippen molar-refractivity contribution in [3.63, 3.8) is 0 Å². The number of rotatable bonds is 8. The van der Waals surface area contributed by atoms with Gasteiger partial charge in [0, 0.05) is 36.8 Å². The highest BCUT2D eigenvalue weighted by Gasteiger charge is 2.41. The average molecular weight is 489 g/mol. The van der Waals surface area contributed by atoms with Crippen molar-refractivity contribution in [3.05, 3.63) is 59.7 Å². The number of benzene rings is 2. The lowest BCUT2D eigenvalue weighted by Gasteiger charge is -2.26. The van der Waals surface area contributed by atoms with Crippen molar-refractivity contribution in [2.75, 3.05) is 25.1 Å². The third-order valence-electron chi connectivity index (χ3n) is 6.15. The van der Waals surface area contributed by atoms with Gasteiger partial charge in [-0.05, 0) is 54.8 Å². The van der Waals surface area contributed by atoms with Gasteiger partial charge in [0.05, 0.1) is 13.0 Å². The Morgan fingerprint density at radius 2 is 1.74 bits per heavy atom. The van der Waals surface area contributed by atoms with E-state index in [0.717, 1.165) is 18.4 Å². The third-order valence-corrected chi connectivity index (χ3v) is 6.15. The molecular weight excluding hydrogens is 463 g/mol. The second kappa shape index (κ2) is 9.97. The van der Waals surface area contributed by atoms with Crippen LogP contribution in [-0.2, 0) is 16.1 Å². The number of ether oxygens (including phenoxy) is 1. The number of halogens is 3. The molecule has 0 aromatic heterocycles. The molecule has 35 heavy (non-hydrogen) atoms. The molecule has 3 amide bonds. The summed E-state index contributed by atoms with van der Waals surface area (Å²) < 4.78 is 42.1. The van der Waals surface area contributed by atoms with E-state index in [4.69, 9.17) is 4.74 Å². The molecule has 0 radical (unpaired) electrons. The van der Waals surface area contributed by atoms with Crippen molar-refractivity contribution < 1.29 is 32.3 Å². The molecule has 1 N–H and O–H groups in total. The summed E-state index contributed by atoms with van der Waals surface area (Å²) in [5.41, 5.74) is 1.58. The highest BCUT2D eigenvalue weighted by molar-refractivity contribution is 6.00. The number of anilines is 1. The predicted molar refractivity (Wildman–Crippen MR) is 122 cm³/mol. The standard InChI is InChI=1S/C25H26F3N3O4/c1-35-21-10-8-19(9-11-21)30-14-18(12-22(30)32)24(34)31(20-6-7-20)13-16-2-4-17(5-3-16)23(33)29-15-25(26,27)28/h2-5,8-11,18,20H,6-7,12-15H2,1H3,(H,29,33)/t18-/m1/s1. The first-order chi connectivity index (χ1) is 16.6. The highest BCUT2D eigenvalue weighted by atomic mass is 19.4. The molecule has 1 saturated carbocycles. The minimum absolute atomic E-state index is 0.0936. The monoisotopic (exact) mass is 489 g/mol. The first-order valence-corrected chi connectivity index (χ1v) is 11.3. The zero-order valence-corrected chi connectivity index (χ0v) is 19.2. The smallest absolute Gasteiger partial charge is 0.405 e. The Hall–Kier alpha value is -3.56. The molecule has 0 unspecified atom stereocenters. The number of carbonyl (C=O) groups is 3. The molecule has 186 valence electrons. The molecule has 2 aromatic rings. The van der Waals surface area contributed by atoms with Gasteiger partial charge >= 0.3 is 6.18 Å². The van der Waals surface area contributed by atoms with Crippen molar-refractivity contribution in [3.8, 4) is 5.75 Å². The van der Waals surface area contributed by atoms with Crippen molar-refractivity contribution >= 4 is 23.4 Å². The Morgan fingerprint density at radius 3 is 2.31 bits per heavy atom. The van der Waals surface area contributed by atoms with E-state index < -0.39 is 24.5 Å².